The normalized spacial score (nSPS) is 24.8. The Morgan fingerprint density at radius 3 is 2.81 bits per heavy atom. The van der Waals surface area contributed by atoms with E-state index in [2.05, 4.69) is 16.1 Å². The maximum atomic E-state index is 12.2. The van der Waals surface area contributed by atoms with Crippen molar-refractivity contribution in [1.29, 1.82) is 0 Å². The lowest BCUT2D eigenvalue weighted by atomic mass is 10.0. The third kappa shape index (κ3) is 3.52. The first-order valence-electron chi connectivity index (χ1n) is 7.29. The Balaban J connectivity index is 1.58. The molecule has 0 N–H and O–H groups in total. The summed E-state index contributed by atoms with van der Waals surface area (Å²) in [5.41, 5.74) is 2.42. The van der Waals surface area contributed by atoms with Gasteiger partial charge in [-0.1, -0.05) is 42.1 Å². The van der Waals surface area contributed by atoms with Crippen LogP contribution >= 0.6 is 27.9 Å². The van der Waals surface area contributed by atoms with Crippen LogP contribution in [0.4, 0.5) is 0 Å². The van der Waals surface area contributed by atoms with Crippen LogP contribution in [0.3, 0.4) is 0 Å². The van der Waals surface area contributed by atoms with Crippen molar-refractivity contribution in [2.24, 2.45) is 0 Å². The minimum Gasteiger partial charge on any atom is -0.457 e. The van der Waals surface area contributed by atoms with E-state index in [-0.39, 0.29) is 5.97 Å². The lowest BCUT2D eigenvalue weighted by Crippen LogP contribution is -2.39. The number of halogens is 1. The number of quaternary nitrogens is 1. The Hall–Kier alpha value is -0.780. The van der Waals surface area contributed by atoms with Crippen molar-refractivity contribution in [2.75, 3.05) is 12.4 Å². The molecule has 0 amide bonds. The third-order valence-corrected chi connectivity index (χ3v) is 6.56. The van der Waals surface area contributed by atoms with E-state index < -0.39 is 0 Å². The molecule has 0 spiro atoms. The quantitative estimate of drug-likeness (QED) is 0.583. The molecular weight excluding hydrogens is 350 g/mol. The summed E-state index contributed by atoms with van der Waals surface area (Å²) in [6.07, 6.45) is 4.77. The molecule has 5 heteroatoms. The van der Waals surface area contributed by atoms with Crippen LogP contribution in [0.2, 0.25) is 0 Å². The van der Waals surface area contributed by atoms with E-state index in [0.29, 0.717) is 16.7 Å². The Labute approximate surface area is 138 Å². The molecule has 0 bridgehead atoms. The standard InChI is InChI=1S/C16H19BrNO2S/c17-18(12-21-15-9-5-4-8-14(15)18)10-16(19)20-11-13-6-2-1-3-7-13/h1-3,6-7H,4-5,8-12H2/q+1. The number of ether oxygens (including phenoxy) is 1. The van der Waals surface area contributed by atoms with Gasteiger partial charge in [0.2, 0.25) is 16.1 Å². The Morgan fingerprint density at radius 2 is 2.00 bits per heavy atom. The van der Waals surface area contributed by atoms with Crippen LogP contribution in [-0.4, -0.2) is 21.9 Å². The predicted octanol–water partition coefficient (Wildman–Crippen LogP) is 4.35. The lowest BCUT2D eigenvalue weighted by molar-refractivity contribution is -0.714. The first kappa shape index (κ1) is 15.1. The summed E-state index contributed by atoms with van der Waals surface area (Å²) in [5, 5.41) is 0. The molecule has 1 heterocycles. The molecule has 1 aromatic rings. The van der Waals surface area contributed by atoms with Crippen molar-refractivity contribution < 1.29 is 13.0 Å². The van der Waals surface area contributed by atoms with E-state index >= 15 is 0 Å². The Morgan fingerprint density at radius 1 is 1.24 bits per heavy atom. The van der Waals surface area contributed by atoms with Crippen LogP contribution in [-0.2, 0) is 16.1 Å². The summed E-state index contributed by atoms with van der Waals surface area (Å²) in [4.78, 5) is 13.6. The fourth-order valence-corrected chi connectivity index (χ4v) is 5.19. The van der Waals surface area contributed by atoms with Gasteiger partial charge in [0, 0.05) is 11.3 Å². The highest BCUT2D eigenvalue weighted by molar-refractivity contribution is 9.05. The number of carbonyl (C=O) groups excluding carboxylic acids is 1. The monoisotopic (exact) mass is 368 g/mol. The molecule has 1 aliphatic heterocycles. The minimum atomic E-state index is -0.143. The number of hydrogen-bond acceptors (Lipinski definition) is 3. The molecule has 1 aromatic carbocycles. The molecule has 3 nitrogen and oxygen atoms in total. The van der Waals surface area contributed by atoms with E-state index in [0.717, 1.165) is 17.9 Å². The first-order valence-corrected chi connectivity index (χ1v) is 8.98. The maximum absolute atomic E-state index is 12.2. The zero-order valence-electron chi connectivity index (χ0n) is 11.9. The number of hydrogen-bond donors (Lipinski definition) is 0. The van der Waals surface area contributed by atoms with E-state index in [1.54, 1.807) is 0 Å². The average Bonchev–Trinajstić information content (AvgIpc) is 2.84. The smallest absolute Gasteiger partial charge is 0.363 e. The largest absolute Gasteiger partial charge is 0.457 e. The van der Waals surface area contributed by atoms with Gasteiger partial charge in [-0.25, -0.2) is 8.30 Å². The molecular formula is C16H19BrNO2S+. The van der Waals surface area contributed by atoms with Gasteiger partial charge in [0.25, 0.3) is 0 Å². The fourth-order valence-electron chi connectivity index (χ4n) is 2.83. The molecule has 112 valence electrons. The van der Waals surface area contributed by atoms with Crippen molar-refractivity contribution in [3.63, 3.8) is 0 Å². The number of nitrogens with zero attached hydrogens (tertiary/aromatic N) is 1. The van der Waals surface area contributed by atoms with E-state index in [4.69, 9.17) is 4.74 Å². The van der Waals surface area contributed by atoms with E-state index in [1.165, 1.54) is 29.9 Å². The first-order chi connectivity index (χ1) is 10.2. The van der Waals surface area contributed by atoms with Crippen LogP contribution in [0.15, 0.2) is 40.9 Å². The maximum Gasteiger partial charge on any atom is 0.363 e. The van der Waals surface area contributed by atoms with Crippen molar-refractivity contribution >= 4 is 33.9 Å². The van der Waals surface area contributed by atoms with Gasteiger partial charge in [0.1, 0.15) is 18.2 Å². The molecule has 1 atom stereocenters. The fraction of sp³-hybridized carbons (Fsp3) is 0.438. The molecule has 2 aliphatic rings. The van der Waals surface area contributed by atoms with E-state index in [9.17, 15) is 4.79 Å². The highest BCUT2D eigenvalue weighted by atomic mass is 79.9. The molecule has 21 heavy (non-hydrogen) atoms. The number of thioether (sulfide) groups is 1. The number of carbonyl (C=O) groups is 1. The molecule has 0 fully saturated rings. The summed E-state index contributed by atoms with van der Waals surface area (Å²) in [5.74, 6) is 0.751. The van der Waals surface area contributed by atoms with Gasteiger partial charge in [-0.15, -0.1) is 0 Å². The lowest BCUT2D eigenvalue weighted by Gasteiger charge is -2.27. The van der Waals surface area contributed by atoms with Crippen LogP contribution < -0.4 is 0 Å². The second kappa shape index (κ2) is 6.55. The summed E-state index contributed by atoms with van der Waals surface area (Å²) >= 11 is 5.66. The summed E-state index contributed by atoms with van der Waals surface area (Å²) in [6.45, 7) is 0.727. The predicted molar refractivity (Wildman–Crippen MR) is 88.2 cm³/mol. The van der Waals surface area contributed by atoms with Crippen LogP contribution in [0.25, 0.3) is 0 Å². The van der Waals surface area contributed by atoms with Gasteiger partial charge in [-0.05, 0) is 24.8 Å². The zero-order valence-corrected chi connectivity index (χ0v) is 14.3. The third-order valence-electron chi connectivity index (χ3n) is 3.94. The average molecular weight is 369 g/mol. The van der Waals surface area contributed by atoms with Gasteiger partial charge in [-0.2, -0.15) is 0 Å². The Bertz CT molecular complexity index is 561. The van der Waals surface area contributed by atoms with Gasteiger partial charge in [-0.3, -0.25) is 0 Å². The van der Waals surface area contributed by atoms with Crippen molar-refractivity contribution in [2.45, 2.75) is 32.3 Å². The van der Waals surface area contributed by atoms with Crippen molar-refractivity contribution in [3.8, 4) is 0 Å². The molecule has 0 saturated carbocycles. The van der Waals surface area contributed by atoms with Crippen LogP contribution in [0.5, 0.6) is 0 Å². The van der Waals surface area contributed by atoms with Gasteiger partial charge in [0.15, 0.2) is 6.54 Å². The highest BCUT2D eigenvalue weighted by Crippen LogP contribution is 2.48. The molecule has 1 aliphatic carbocycles. The summed E-state index contributed by atoms with van der Waals surface area (Å²) < 4.78 is 5.97. The highest BCUT2D eigenvalue weighted by Gasteiger charge is 2.43. The number of benzene rings is 1. The second-order valence-electron chi connectivity index (χ2n) is 5.52. The zero-order chi connectivity index (χ0) is 14.7. The topological polar surface area (TPSA) is 26.3 Å². The van der Waals surface area contributed by atoms with Crippen molar-refractivity contribution in [3.05, 3.63) is 46.5 Å². The number of esters is 1. The molecule has 0 saturated heterocycles. The SMILES string of the molecule is O=C(C[N+]1(Br)CSC2=C1CCCC2)OCc1ccccc1. The molecule has 1 unspecified atom stereocenters. The van der Waals surface area contributed by atoms with Gasteiger partial charge in [0.05, 0.1) is 0 Å². The van der Waals surface area contributed by atoms with Crippen molar-refractivity contribution in [1.82, 2.24) is 0 Å². The van der Waals surface area contributed by atoms with E-state index in [1.807, 2.05) is 42.1 Å². The number of allylic oxidation sites excluding steroid dienone is 2. The Kier molecular flexibility index (Phi) is 4.72. The van der Waals surface area contributed by atoms with Gasteiger partial charge < -0.3 is 4.74 Å². The number of rotatable bonds is 4. The minimum absolute atomic E-state index is 0.143. The van der Waals surface area contributed by atoms with Gasteiger partial charge >= 0.3 is 5.97 Å². The van der Waals surface area contributed by atoms with Crippen LogP contribution in [0.1, 0.15) is 31.2 Å². The summed E-state index contributed by atoms with van der Waals surface area (Å²) in [7, 11) is 0. The second-order valence-corrected chi connectivity index (χ2v) is 7.92. The summed E-state index contributed by atoms with van der Waals surface area (Å²) in [6, 6.07) is 9.82. The van der Waals surface area contributed by atoms with Crippen LogP contribution in [0, 0.1) is 0 Å². The molecule has 3 rings (SSSR count). The molecule has 0 aromatic heterocycles. The molecule has 0 radical (unpaired) electrons.